The van der Waals surface area contributed by atoms with Crippen LogP contribution in [0.2, 0.25) is 0 Å². The van der Waals surface area contributed by atoms with Crippen LogP contribution in [0.1, 0.15) is 18.9 Å². The van der Waals surface area contributed by atoms with E-state index in [-0.39, 0.29) is 5.75 Å². The third kappa shape index (κ3) is 5.02. The van der Waals surface area contributed by atoms with Crippen molar-refractivity contribution in [2.24, 2.45) is 0 Å². The third-order valence-corrected chi connectivity index (χ3v) is 2.13. The zero-order chi connectivity index (χ0) is 12.2. The van der Waals surface area contributed by atoms with Gasteiger partial charge in [-0.15, -0.1) is 0 Å². The summed E-state index contributed by atoms with van der Waals surface area (Å²) in [5, 5.41) is 11.8. The zero-order valence-corrected chi connectivity index (χ0v) is 8.88. The number of phenols is 1. The van der Waals surface area contributed by atoms with Gasteiger partial charge in [-0.1, -0.05) is 12.1 Å². The summed E-state index contributed by atoms with van der Waals surface area (Å²) in [5.74, 6) is 0.145. The van der Waals surface area contributed by atoms with Crippen molar-refractivity contribution in [3.8, 4) is 5.75 Å². The fourth-order valence-electron chi connectivity index (χ4n) is 1.33. The van der Waals surface area contributed by atoms with Gasteiger partial charge in [-0.05, 0) is 24.6 Å². The number of halogens is 3. The molecule has 0 aromatic heterocycles. The molecule has 1 unspecified atom stereocenters. The second-order valence-electron chi connectivity index (χ2n) is 3.77. The first-order valence-electron chi connectivity index (χ1n) is 4.95. The molecule has 5 heteroatoms. The zero-order valence-electron chi connectivity index (χ0n) is 8.88. The Morgan fingerprint density at radius 1 is 1.25 bits per heavy atom. The number of aromatic hydroxyl groups is 1. The van der Waals surface area contributed by atoms with Crippen LogP contribution in [0, 0.1) is 0 Å². The van der Waals surface area contributed by atoms with E-state index in [4.69, 9.17) is 5.11 Å². The molecular weight excluding hydrogens is 219 g/mol. The molecular formula is C11H14F3NO. The van der Waals surface area contributed by atoms with E-state index in [0.29, 0.717) is 6.54 Å². The minimum absolute atomic E-state index is 0.145. The average molecular weight is 233 g/mol. The molecule has 1 aromatic carbocycles. The number of alkyl halides is 3. The SMILES string of the molecule is CC(CC(F)(F)F)NCc1ccc(O)cc1. The molecule has 1 atom stereocenters. The number of nitrogens with one attached hydrogen (secondary N) is 1. The van der Waals surface area contributed by atoms with Crippen molar-refractivity contribution in [3.05, 3.63) is 29.8 Å². The average Bonchev–Trinajstić information content (AvgIpc) is 2.14. The predicted octanol–water partition coefficient (Wildman–Crippen LogP) is 2.82. The summed E-state index contributed by atoms with van der Waals surface area (Å²) in [5.41, 5.74) is 0.840. The topological polar surface area (TPSA) is 32.3 Å². The van der Waals surface area contributed by atoms with E-state index in [1.54, 1.807) is 12.1 Å². The lowest BCUT2D eigenvalue weighted by atomic mass is 10.2. The second-order valence-corrected chi connectivity index (χ2v) is 3.77. The summed E-state index contributed by atoms with van der Waals surface area (Å²) in [7, 11) is 0. The Hall–Kier alpha value is -1.23. The molecule has 0 saturated carbocycles. The second kappa shape index (κ2) is 5.21. The van der Waals surface area contributed by atoms with Gasteiger partial charge in [0.25, 0.3) is 0 Å². The quantitative estimate of drug-likeness (QED) is 0.838. The van der Waals surface area contributed by atoms with Crippen LogP contribution < -0.4 is 5.32 Å². The monoisotopic (exact) mass is 233 g/mol. The lowest BCUT2D eigenvalue weighted by Gasteiger charge is -2.15. The summed E-state index contributed by atoms with van der Waals surface area (Å²) in [6.45, 7) is 1.85. The van der Waals surface area contributed by atoms with Crippen molar-refractivity contribution in [1.29, 1.82) is 0 Å². The standard InChI is InChI=1S/C11H14F3NO/c1-8(6-11(12,13)14)15-7-9-2-4-10(16)5-3-9/h2-5,8,15-16H,6-7H2,1H3. The van der Waals surface area contributed by atoms with Gasteiger partial charge in [-0.2, -0.15) is 13.2 Å². The molecule has 2 nitrogen and oxygen atoms in total. The van der Waals surface area contributed by atoms with E-state index in [0.717, 1.165) is 5.56 Å². The minimum atomic E-state index is -4.14. The van der Waals surface area contributed by atoms with Crippen LogP contribution in [0.3, 0.4) is 0 Å². The van der Waals surface area contributed by atoms with Gasteiger partial charge in [0.05, 0.1) is 6.42 Å². The normalized spacial score (nSPS) is 13.8. The number of phenolic OH excluding ortho intramolecular Hbond substituents is 1. The van der Waals surface area contributed by atoms with E-state index in [1.807, 2.05) is 0 Å². The molecule has 0 fully saturated rings. The van der Waals surface area contributed by atoms with Crippen molar-refractivity contribution in [1.82, 2.24) is 5.32 Å². The molecule has 0 aliphatic rings. The Labute approximate surface area is 92.1 Å². The van der Waals surface area contributed by atoms with Crippen molar-refractivity contribution in [2.45, 2.75) is 32.1 Å². The molecule has 0 saturated heterocycles. The van der Waals surface area contributed by atoms with Gasteiger partial charge in [-0.3, -0.25) is 0 Å². The van der Waals surface area contributed by atoms with Gasteiger partial charge >= 0.3 is 6.18 Å². The van der Waals surface area contributed by atoms with Gasteiger partial charge in [0.15, 0.2) is 0 Å². The van der Waals surface area contributed by atoms with Gasteiger partial charge in [-0.25, -0.2) is 0 Å². The molecule has 0 aliphatic carbocycles. The van der Waals surface area contributed by atoms with Crippen molar-refractivity contribution in [3.63, 3.8) is 0 Å². The highest BCUT2D eigenvalue weighted by molar-refractivity contribution is 5.25. The molecule has 1 rings (SSSR count). The van der Waals surface area contributed by atoms with Crippen molar-refractivity contribution in [2.75, 3.05) is 0 Å². The summed E-state index contributed by atoms with van der Waals surface area (Å²) in [6.07, 6.45) is -4.98. The molecule has 0 aliphatic heterocycles. The maximum absolute atomic E-state index is 12.0. The summed E-state index contributed by atoms with van der Waals surface area (Å²) in [6, 6.07) is 5.73. The highest BCUT2D eigenvalue weighted by Crippen LogP contribution is 2.21. The van der Waals surface area contributed by atoms with Gasteiger partial charge in [0, 0.05) is 12.6 Å². The van der Waals surface area contributed by atoms with Crippen LogP contribution in [0.4, 0.5) is 13.2 Å². The number of benzene rings is 1. The first-order chi connectivity index (χ1) is 7.37. The Morgan fingerprint density at radius 2 is 1.81 bits per heavy atom. The fraction of sp³-hybridized carbons (Fsp3) is 0.455. The fourth-order valence-corrected chi connectivity index (χ4v) is 1.33. The molecule has 90 valence electrons. The molecule has 0 heterocycles. The van der Waals surface area contributed by atoms with Crippen molar-refractivity contribution >= 4 is 0 Å². The Balaban J connectivity index is 2.37. The van der Waals surface area contributed by atoms with E-state index in [9.17, 15) is 13.2 Å². The van der Waals surface area contributed by atoms with Crippen LogP contribution in [-0.4, -0.2) is 17.3 Å². The summed E-state index contributed by atoms with van der Waals surface area (Å²) < 4.78 is 36.0. The first kappa shape index (κ1) is 12.8. The third-order valence-electron chi connectivity index (χ3n) is 2.13. The van der Waals surface area contributed by atoms with Crippen LogP contribution >= 0.6 is 0 Å². The van der Waals surface area contributed by atoms with E-state index in [2.05, 4.69) is 5.32 Å². The molecule has 0 amide bonds. The Morgan fingerprint density at radius 3 is 2.31 bits per heavy atom. The molecule has 16 heavy (non-hydrogen) atoms. The predicted molar refractivity (Wildman–Crippen MR) is 55.1 cm³/mol. The van der Waals surface area contributed by atoms with Crippen LogP contribution in [-0.2, 0) is 6.54 Å². The summed E-state index contributed by atoms with van der Waals surface area (Å²) >= 11 is 0. The van der Waals surface area contributed by atoms with Gasteiger partial charge in [0.2, 0.25) is 0 Å². The van der Waals surface area contributed by atoms with Gasteiger partial charge in [0.1, 0.15) is 5.75 Å². The Kier molecular flexibility index (Phi) is 4.18. The molecule has 0 radical (unpaired) electrons. The molecule has 0 spiro atoms. The lowest BCUT2D eigenvalue weighted by Crippen LogP contribution is -2.30. The van der Waals surface area contributed by atoms with Crippen LogP contribution in [0.25, 0.3) is 0 Å². The lowest BCUT2D eigenvalue weighted by molar-refractivity contribution is -0.139. The largest absolute Gasteiger partial charge is 0.508 e. The highest BCUT2D eigenvalue weighted by Gasteiger charge is 2.29. The van der Waals surface area contributed by atoms with E-state index in [1.165, 1.54) is 19.1 Å². The minimum Gasteiger partial charge on any atom is -0.508 e. The number of rotatable bonds is 4. The maximum atomic E-state index is 12.0. The van der Waals surface area contributed by atoms with E-state index >= 15 is 0 Å². The van der Waals surface area contributed by atoms with Crippen molar-refractivity contribution < 1.29 is 18.3 Å². The Bertz CT molecular complexity index is 321. The molecule has 2 N–H and O–H groups in total. The maximum Gasteiger partial charge on any atom is 0.390 e. The molecule has 1 aromatic rings. The van der Waals surface area contributed by atoms with E-state index < -0.39 is 18.6 Å². The summed E-state index contributed by atoms with van der Waals surface area (Å²) in [4.78, 5) is 0. The molecule has 0 bridgehead atoms. The van der Waals surface area contributed by atoms with Gasteiger partial charge < -0.3 is 10.4 Å². The van der Waals surface area contributed by atoms with Crippen LogP contribution in [0.15, 0.2) is 24.3 Å². The van der Waals surface area contributed by atoms with Crippen LogP contribution in [0.5, 0.6) is 5.75 Å². The first-order valence-corrected chi connectivity index (χ1v) is 4.95. The highest BCUT2D eigenvalue weighted by atomic mass is 19.4. The number of hydrogen-bond donors (Lipinski definition) is 2. The number of hydrogen-bond acceptors (Lipinski definition) is 2. The smallest absolute Gasteiger partial charge is 0.390 e.